The summed E-state index contributed by atoms with van der Waals surface area (Å²) in [5.74, 6) is 0.430. The van der Waals surface area contributed by atoms with Crippen molar-refractivity contribution in [3.63, 3.8) is 0 Å². The summed E-state index contributed by atoms with van der Waals surface area (Å²) in [7, 11) is -0.539. The molecule has 2 aliphatic heterocycles. The summed E-state index contributed by atoms with van der Waals surface area (Å²) in [6, 6.07) is 10.1. The molecule has 211 valence electrons. The highest BCUT2D eigenvalue weighted by Gasteiger charge is 2.44. The van der Waals surface area contributed by atoms with Crippen LogP contribution in [0.2, 0.25) is 18.1 Å². The maximum Gasteiger partial charge on any atom is 0.329 e. The number of hydrogen-bond donors (Lipinski definition) is 1. The number of fused-ring (bicyclic) bond motifs is 2. The summed E-state index contributed by atoms with van der Waals surface area (Å²) in [4.78, 5) is 27.2. The Balaban J connectivity index is 1.50. The van der Waals surface area contributed by atoms with E-state index in [1.165, 1.54) is 7.41 Å². The number of hydrogen-bond acceptors (Lipinski definition) is 9. The number of nitrogens with zero attached hydrogens (tertiary/aromatic N) is 5. The van der Waals surface area contributed by atoms with E-state index >= 15 is 0 Å². The zero-order valence-corrected chi connectivity index (χ0v) is 25.6. The smallest absolute Gasteiger partial charge is 0.329 e. The Labute approximate surface area is 243 Å². The molecular formula is C30H36BN6O3Si. The van der Waals surface area contributed by atoms with Crippen LogP contribution in [0.4, 0.5) is 17.3 Å². The number of anilines is 3. The molecule has 5 rings (SSSR count). The summed E-state index contributed by atoms with van der Waals surface area (Å²) in [6.07, 6.45) is 5.06. The van der Waals surface area contributed by atoms with Crippen molar-refractivity contribution in [3.8, 4) is 17.3 Å². The van der Waals surface area contributed by atoms with Gasteiger partial charge in [-0.1, -0.05) is 27.7 Å². The van der Waals surface area contributed by atoms with E-state index < -0.39 is 13.7 Å². The molecule has 0 fully saturated rings. The lowest BCUT2D eigenvalue weighted by molar-refractivity contribution is 0.109. The van der Waals surface area contributed by atoms with Crippen LogP contribution in [0.5, 0.6) is 0 Å². The number of nitrogens with one attached hydrogen (secondary N) is 1. The summed E-state index contributed by atoms with van der Waals surface area (Å²) in [6.45, 7) is 15.5. The molecular weight excluding hydrogens is 531 g/mol. The van der Waals surface area contributed by atoms with Crippen molar-refractivity contribution in [2.24, 2.45) is 0 Å². The van der Waals surface area contributed by atoms with Crippen LogP contribution in [0, 0.1) is 11.3 Å². The minimum Gasteiger partial charge on any atom is -0.416 e. The molecule has 1 aromatic carbocycles. The molecule has 0 bridgehead atoms. The van der Waals surface area contributed by atoms with Crippen molar-refractivity contribution in [1.29, 1.82) is 5.26 Å². The predicted molar refractivity (Wildman–Crippen MR) is 163 cm³/mol. The van der Waals surface area contributed by atoms with Gasteiger partial charge in [-0.3, -0.25) is 4.98 Å². The van der Waals surface area contributed by atoms with Gasteiger partial charge < -0.3 is 24.1 Å². The number of ether oxygens (including phenoxy) is 1. The van der Waals surface area contributed by atoms with Gasteiger partial charge >= 0.3 is 7.41 Å². The van der Waals surface area contributed by atoms with E-state index in [4.69, 9.17) is 14.1 Å². The van der Waals surface area contributed by atoms with Crippen molar-refractivity contribution in [3.05, 3.63) is 59.0 Å². The number of nitriles is 1. The van der Waals surface area contributed by atoms with Crippen LogP contribution < -0.4 is 10.1 Å². The van der Waals surface area contributed by atoms with Crippen molar-refractivity contribution in [1.82, 2.24) is 15.0 Å². The van der Waals surface area contributed by atoms with Crippen molar-refractivity contribution < 1.29 is 14.0 Å². The molecule has 2 aromatic heterocycles. The van der Waals surface area contributed by atoms with Gasteiger partial charge in [-0.25, -0.2) is 9.97 Å². The monoisotopic (exact) mass is 567 g/mol. The molecule has 0 aliphatic carbocycles. The Morgan fingerprint density at radius 3 is 2.83 bits per heavy atom. The van der Waals surface area contributed by atoms with Crippen LogP contribution in [0.1, 0.15) is 50.1 Å². The van der Waals surface area contributed by atoms with Crippen molar-refractivity contribution >= 4 is 39.2 Å². The van der Waals surface area contributed by atoms with Crippen molar-refractivity contribution in [2.75, 3.05) is 29.9 Å². The number of benzene rings is 1. The van der Waals surface area contributed by atoms with Gasteiger partial charge in [0.05, 0.1) is 36.4 Å². The number of carbonyl (C=O) groups is 1. The van der Waals surface area contributed by atoms with E-state index in [0.29, 0.717) is 43.6 Å². The Hall–Kier alpha value is -3.59. The molecule has 3 aromatic rings. The largest absolute Gasteiger partial charge is 0.416 e. The topological polar surface area (TPSA) is 113 Å². The van der Waals surface area contributed by atoms with Crippen LogP contribution in [-0.2, 0) is 32.4 Å². The Morgan fingerprint density at radius 2 is 2.10 bits per heavy atom. The molecule has 11 heteroatoms. The molecule has 9 nitrogen and oxygen atoms in total. The van der Waals surface area contributed by atoms with E-state index in [1.54, 1.807) is 12.4 Å². The standard InChI is InChI=1S/C30H36BN6O3Si/c1-29(2,3)41(5,6)40-18-30(4)17-37(31-19-38)27-21(14-32)11-20(13-24(27)30)26-7-9-33-28(36-26)35-23-12-22-16-39-10-8-25(22)34-15-23/h7,9,11-13,15,19H,8,10,16-18H2,1-6H3,(H,33,35,36). The fourth-order valence-electron chi connectivity index (χ4n) is 5.07. The second-order valence-electron chi connectivity index (χ2n) is 12.6. The lowest BCUT2D eigenvalue weighted by Crippen LogP contribution is -2.46. The van der Waals surface area contributed by atoms with Crippen LogP contribution >= 0.6 is 0 Å². The minimum atomic E-state index is -2.04. The second-order valence-corrected chi connectivity index (χ2v) is 17.4. The third-order valence-electron chi connectivity index (χ3n) is 8.49. The number of carbonyl (C=O) groups excluding carboxylic acids is 1. The Kier molecular flexibility index (Phi) is 7.76. The predicted octanol–water partition coefficient (Wildman–Crippen LogP) is 5.14. The highest BCUT2D eigenvalue weighted by atomic mass is 28.4. The van der Waals surface area contributed by atoms with E-state index in [0.717, 1.165) is 46.4 Å². The normalized spacial score (nSPS) is 18.3. The first-order valence-electron chi connectivity index (χ1n) is 13.9. The van der Waals surface area contributed by atoms with Crippen LogP contribution in [0.3, 0.4) is 0 Å². The molecule has 4 heterocycles. The van der Waals surface area contributed by atoms with E-state index in [9.17, 15) is 10.1 Å². The van der Waals surface area contributed by atoms with Gasteiger partial charge in [-0.15, -0.1) is 0 Å². The quantitative estimate of drug-likeness (QED) is 0.292. The molecule has 0 saturated carbocycles. The fraction of sp³-hybridized carbons (Fsp3) is 0.433. The maximum absolute atomic E-state index is 11.5. The molecule has 0 spiro atoms. The van der Waals surface area contributed by atoms with Crippen LogP contribution in [0.15, 0.2) is 36.7 Å². The van der Waals surface area contributed by atoms with Gasteiger partial charge in [-0.2, -0.15) is 5.26 Å². The summed E-state index contributed by atoms with van der Waals surface area (Å²) >= 11 is 0. The van der Waals surface area contributed by atoms with Crippen molar-refractivity contribution in [2.45, 2.75) is 64.3 Å². The van der Waals surface area contributed by atoms with Crippen LogP contribution in [0.25, 0.3) is 11.3 Å². The number of rotatable bonds is 8. The minimum absolute atomic E-state index is 0.0595. The molecule has 2 aliphatic rings. The lowest BCUT2D eigenvalue weighted by Gasteiger charge is -2.39. The fourth-order valence-corrected chi connectivity index (χ4v) is 6.19. The maximum atomic E-state index is 11.5. The molecule has 0 amide bonds. The first kappa shape index (κ1) is 28.9. The first-order valence-corrected chi connectivity index (χ1v) is 16.8. The molecule has 41 heavy (non-hydrogen) atoms. The van der Waals surface area contributed by atoms with Gasteiger partial charge in [0.2, 0.25) is 5.95 Å². The highest BCUT2D eigenvalue weighted by molar-refractivity contribution is 6.74. The van der Waals surface area contributed by atoms with E-state index in [-0.39, 0.29) is 5.04 Å². The summed E-state index contributed by atoms with van der Waals surface area (Å²) in [5.41, 5.74) is 6.15. The second kappa shape index (κ2) is 11.0. The third-order valence-corrected chi connectivity index (χ3v) is 13.0. The van der Waals surface area contributed by atoms with Gasteiger partial charge in [0.1, 0.15) is 12.3 Å². The zero-order chi connectivity index (χ0) is 29.4. The first-order chi connectivity index (χ1) is 19.4. The molecule has 1 N–H and O–H groups in total. The Bertz CT molecular complexity index is 1520. The number of pyridine rings is 1. The molecule has 1 atom stereocenters. The summed E-state index contributed by atoms with van der Waals surface area (Å²) < 4.78 is 12.3. The average molecular weight is 568 g/mol. The Morgan fingerprint density at radius 1 is 1.29 bits per heavy atom. The number of aromatic nitrogens is 3. The van der Waals surface area contributed by atoms with Gasteiger partial charge in [0.15, 0.2) is 8.32 Å². The third kappa shape index (κ3) is 5.77. The molecule has 0 saturated heterocycles. The molecule has 1 unspecified atom stereocenters. The van der Waals surface area contributed by atoms with E-state index in [1.807, 2.05) is 23.0 Å². The van der Waals surface area contributed by atoms with Gasteiger partial charge in [0, 0.05) is 53.7 Å². The molecule has 1 radical (unpaired) electrons. The highest BCUT2D eigenvalue weighted by Crippen LogP contribution is 2.46. The van der Waals surface area contributed by atoms with Gasteiger partial charge in [-0.05, 0) is 48.0 Å². The zero-order valence-electron chi connectivity index (χ0n) is 24.6. The summed E-state index contributed by atoms with van der Waals surface area (Å²) in [5, 5.41) is 13.5. The SMILES string of the molecule is CC1(CO[Si](C)(C)C(C)(C)C)CN([B]C=O)c2c(C#N)cc(-c3ccnc(Nc4cnc5c(c4)COCC5)n3)cc21. The van der Waals surface area contributed by atoms with Gasteiger partial charge in [0.25, 0.3) is 0 Å². The van der Waals surface area contributed by atoms with E-state index in [2.05, 4.69) is 68.2 Å². The lowest BCUT2D eigenvalue weighted by atomic mass is 9.83. The average Bonchev–Trinajstić information content (AvgIpc) is 3.23. The van der Waals surface area contributed by atoms with Crippen LogP contribution in [-0.4, -0.2) is 56.6 Å².